The second kappa shape index (κ2) is 3.53. The number of hydrogen-bond acceptors (Lipinski definition) is 3. The maximum absolute atomic E-state index is 5.09. The minimum Gasteiger partial charge on any atom is -0.334 e. The molecule has 0 atom stereocenters. The van der Waals surface area contributed by atoms with Crippen molar-refractivity contribution in [2.45, 2.75) is 13.8 Å². The Bertz CT molecular complexity index is 465. The zero-order valence-electron chi connectivity index (χ0n) is 7.91. The van der Waals surface area contributed by atoms with Gasteiger partial charge >= 0.3 is 0 Å². The summed E-state index contributed by atoms with van der Waals surface area (Å²) in [5, 5.41) is 3.76. The molecule has 0 N–H and O–H groups in total. The molecule has 0 aliphatic carbocycles. The van der Waals surface area contributed by atoms with Crippen molar-refractivity contribution in [1.29, 1.82) is 0 Å². The van der Waals surface area contributed by atoms with E-state index in [9.17, 15) is 0 Å². The van der Waals surface area contributed by atoms with Crippen LogP contribution in [0.1, 0.15) is 11.4 Å². The number of aryl methyl sites for hydroxylation is 2. The summed E-state index contributed by atoms with van der Waals surface area (Å²) in [5.41, 5.74) is 2.09. The Morgan fingerprint density at radius 3 is 2.64 bits per heavy atom. The SMILES string of the molecule is Cc1noc(-c2ccc(Br)cc2C)n1. The third-order valence-corrected chi connectivity index (χ3v) is 2.44. The molecule has 0 saturated carbocycles. The third-order valence-electron chi connectivity index (χ3n) is 1.95. The predicted octanol–water partition coefficient (Wildman–Crippen LogP) is 3.12. The molecule has 0 amide bonds. The van der Waals surface area contributed by atoms with E-state index in [4.69, 9.17) is 4.52 Å². The highest BCUT2D eigenvalue weighted by molar-refractivity contribution is 9.10. The molecule has 14 heavy (non-hydrogen) atoms. The van der Waals surface area contributed by atoms with E-state index in [0.29, 0.717) is 11.7 Å². The Kier molecular flexibility index (Phi) is 2.37. The van der Waals surface area contributed by atoms with Crippen molar-refractivity contribution in [3.05, 3.63) is 34.1 Å². The summed E-state index contributed by atoms with van der Waals surface area (Å²) in [6.45, 7) is 3.82. The monoisotopic (exact) mass is 252 g/mol. The molecule has 0 saturated heterocycles. The highest BCUT2D eigenvalue weighted by atomic mass is 79.9. The average Bonchev–Trinajstić information content (AvgIpc) is 2.51. The molecule has 2 aromatic rings. The summed E-state index contributed by atoms with van der Waals surface area (Å²) in [6, 6.07) is 5.95. The highest BCUT2D eigenvalue weighted by Crippen LogP contribution is 2.24. The maximum Gasteiger partial charge on any atom is 0.258 e. The van der Waals surface area contributed by atoms with Gasteiger partial charge in [0.25, 0.3) is 5.89 Å². The van der Waals surface area contributed by atoms with Gasteiger partial charge in [-0.05, 0) is 37.6 Å². The molecule has 0 radical (unpaired) electrons. The van der Waals surface area contributed by atoms with Crippen LogP contribution in [-0.2, 0) is 0 Å². The molecule has 0 spiro atoms. The number of halogens is 1. The number of hydrogen-bond donors (Lipinski definition) is 0. The molecule has 4 heteroatoms. The fraction of sp³-hybridized carbons (Fsp3) is 0.200. The molecule has 72 valence electrons. The van der Waals surface area contributed by atoms with Crippen molar-refractivity contribution in [3.63, 3.8) is 0 Å². The van der Waals surface area contributed by atoms with Crippen molar-refractivity contribution < 1.29 is 4.52 Å². The third kappa shape index (κ3) is 1.70. The van der Waals surface area contributed by atoms with Gasteiger partial charge in [0.1, 0.15) is 0 Å². The quantitative estimate of drug-likeness (QED) is 0.783. The zero-order valence-corrected chi connectivity index (χ0v) is 9.50. The van der Waals surface area contributed by atoms with Crippen molar-refractivity contribution in [1.82, 2.24) is 10.1 Å². The van der Waals surface area contributed by atoms with Crippen molar-refractivity contribution in [2.75, 3.05) is 0 Å². The van der Waals surface area contributed by atoms with Crippen LogP contribution in [0, 0.1) is 13.8 Å². The largest absolute Gasteiger partial charge is 0.334 e. The van der Waals surface area contributed by atoms with Crippen LogP contribution >= 0.6 is 15.9 Å². The van der Waals surface area contributed by atoms with Crippen LogP contribution in [0.4, 0.5) is 0 Å². The summed E-state index contributed by atoms with van der Waals surface area (Å²) in [7, 11) is 0. The number of rotatable bonds is 1. The lowest BCUT2D eigenvalue weighted by molar-refractivity contribution is 0.425. The second-order valence-electron chi connectivity index (χ2n) is 3.11. The molecule has 0 aliphatic heterocycles. The van der Waals surface area contributed by atoms with E-state index in [1.54, 1.807) is 6.92 Å². The van der Waals surface area contributed by atoms with Crippen molar-refractivity contribution in [2.24, 2.45) is 0 Å². The van der Waals surface area contributed by atoms with Gasteiger partial charge in [0.2, 0.25) is 0 Å². The summed E-state index contributed by atoms with van der Waals surface area (Å²) < 4.78 is 6.15. The van der Waals surface area contributed by atoms with Crippen LogP contribution < -0.4 is 0 Å². The van der Waals surface area contributed by atoms with E-state index in [1.165, 1.54) is 0 Å². The number of benzene rings is 1. The van der Waals surface area contributed by atoms with Gasteiger partial charge in [-0.1, -0.05) is 21.1 Å². The van der Waals surface area contributed by atoms with E-state index in [2.05, 4.69) is 26.1 Å². The standard InChI is InChI=1S/C10H9BrN2O/c1-6-5-8(11)3-4-9(6)10-12-7(2)13-14-10/h3-5H,1-2H3. The Morgan fingerprint density at radius 1 is 1.29 bits per heavy atom. The fourth-order valence-corrected chi connectivity index (χ4v) is 1.75. The molecule has 3 nitrogen and oxygen atoms in total. The second-order valence-corrected chi connectivity index (χ2v) is 4.02. The van der Waals surface area contributed by atoms with E-state index < -0.39 is 0 Å². The lowest BCUT2D eigenvalue weighted by Gasteiger charge is -2.00. The smallest absolute Gasteiger partial charge is 0.258 e. The summed E-state index contributed by atoms with van der Waals surface area (Å²) in [5.74, 6) is 1.23. The van der Waals surface area contributed by atoms with Crippen LogP contribution in [0.2, 0.25) is 0 Å². The van der Waals surface area contributed by atoms with Crippen LogP contribution in [0.5, 0.6) is 0 Å². The first-order valence-corrected chi connectivity index (χ1v) is 5.03. The first-order chi connectivity index (χ1) is 6.66. The van der Waals surface area contributed by atoms with E-state index in [0.717, 1.165) is 15.6 Å². The van der Waals surface area contributed by atoms with Crippen LogP contribution in [-0.4, -0.2) is 10.1 Å². The van der Waals surface area contributed by atoms with Crippen LogP contribution in [0.15, 0.2) is 27.2 Å². The highest BCUT2D eigenvalue weighted by Gasteiger charge is 2.08. The van der Waals surface area contributed by atoms with Gasteiger partial charge < -0.3 is 4.52 Å². The lowest BCUT2D eigenvalue weighted by Crippen LogP contribution is -1.83. The minimum atomic E-state index is 0.576. The summed E-state index contributed by atoms with van der Waals surface area (Å²) in [4.78, 5) is 4.18. The molecule has 0 bridgehead atoms. The number of aromatic nitrogens is 2. The molecule has 1 aromatic heterocycles. The first kappa shape index (κ1) is 9.40. The molecule has 0 aliphatic rings. The molecule has 1 heterocycles. The molecule has 2 rings (SSSR count). The minimum absolute atomic E-state index is 0.576. The van der Waals surface area contributed by atoms with E-state index in [1.807, 2.05) is 25.1 Å². The molecule has 1 aromatic carbocycles. The Morgan fingerprint density at radius 2 is 2.07 bits per heavy atom. The van der Waals surface area contributed by atoms with Gasteiger partial charge in [-0.3, -0.25) is 0 Å². The normalized spacial score (nSPS) is 10.5. The first-order valence-electron chi connectivity index (χ1n) is 4.23. The van der Waals surface area contributed by atoms with Gasteiger partial charge in [-0.2, -0.15) is 4.98 Å². The van der Waals surface area contributed by atoms with Gasteiger partial charge in [0, 0.05) is 10.0 Å². The Hall–Kier alpha value is -1.16. The van der Waals surface area contributed by atoms with Crippen LogP contribution in [0.25, 0.3) is 11.5 Å². The van der Waals surface area contributed by atoms with Gasteiger partial charge in [-0.25, -0.2) is 0 Å². The summed E-state index contributed by atoms with van der Waals surface area (Å²) in [6.07, 6.45) is 0. The average molecular weight is 253 g/mol. The summed E-state index contributed by atoms with van der Waals surface area (Å²) >= 11 is 3.41. The van der Waals surface area contributed by atoms with Gasteiger partial charge in [0.15, 0.2) is 5.82 Å². The van der Waals surface area contributed by atoms with Crippen molar-refractivity contribution in [3.8, 4) is 11.5 Å². The van der Waals surface area contributed by atoms with Crippen LogP contribution in [0.3, 0.4) is 0 Å². The maximum atomic E-state index is 5.09. The van der Waals surface area contributed by atoms with Gasteiger partial charge in [-0.15, -0.1) is 0 Å². The van der Waals surface area contributed by atoms with E-state index >= 15 is 0 Å². The van der Waals surface area contributed by atoms with Crippen molar-refractivity contribution >= 4 is 15.9 Å². The molecular formula is C10H9BrN2O. The molecule has 0 fully saturated rings. The Labute approximate surface area is 90.3 Å². The van der Waals surface area contributed by atoms with E-state index in [-0.39, 0.29) is 0 Å². The fourth-order valence-electron chi connectivity index (χ4n) is 1.27. The molecular weight excluding hydrogens is 244 g/mol. The topological polar surface area (TPSA) is 38.9 Å². The molecule has 0 unspecified atom stereocenters. The Balaban J connectivity index is 2.52. The predicted molar refractivity (Wildman–Crippen MR) is 56.9 cm³/mol. The zero-order chi connectivity index (χ0) is 10.1. The number of nitrogens with zero attached hydrogens (tertiary/aromatic N) is 2. The lowest BCUT2D eigenvalue weighted by atomic mass is 10.1. The van der Waals surface area contributed by atoms with Gasteiger partial charge in [0.05, 0.1) is 0 Å².